The normalized spacial score (nSPS) is 12.9. The van der Waals surface area contributed by atoms with E-state index in [9.17, 15) is 13.6 Å². The third-order valence-electron chi connectivity index (χ3n) is 3.43. The van der Waals surface area contributed by atoms with Gasteiger partial charge in [0.2, 0.25) is 5.91 Å². The summed E-state index contributed by atoms with van der Waals surface area (Å²) in [6.07, 6.45) is 6.95. The van der Waals surface area contributed by atoms with Crippen LogP contribution >= 0.6 is 0 Å². The van der Waals surface area contributed by atoms with E-state index in [1.54, 1.807) is 11.9 Å². The Morgan fingerprint density at radius 2 is 2.18 bits per heavy atom. The first-order chi connectivity index (χ1) is 10.4. The van der Waals surface area contributed by atoms with Gasteiger partial charge in [-0.1, -0.05) is 26.2 Å². The summed E-state index contributed by atoms with van der Waals surface area (Å²) in [7, 11) is 1.71. The fraction of sp³-hybridized carbons (Fsp3) is 0.733. The largest absolute Gasteiger partial charge is 0.353 e. The Bertz CT molecular complexity index is 451. The van der Waals surface area contributed by atoms with Crippen molar-refractivity contribution in [3.8, 4) is 0 Å². The third kappa shape index (κ3) is 6.51. The average Bonchev–Trinajstić information content (AvgIpc) is 2.86. The molecular formula is C15H26F2N4O. The van der Waals surface area contributed by atoms with Crippen LogP contribution in [0.15, 0.2) is 12.4 Å². The molecule has 1 heterocycles. The minimum absolute atomic E-state index is 0.0957. The van der Waals surface area contributed by atoms with Gasteiger partial charge in [-0.3, -0.25) is 14.3 Å². The maximum absolute atomic E-state index is 12.7. The molecule has 0 radical (unpaired) electrons. The number of nitrogens with one attached hydrogen (secondary N) is 1. The molecule has 7 heteroatoms. The van der Waals surface area contributed by atoms with Crippen molar-refractivity contribution in [3.05, 3.63) is 18.2 Å². The van der Waals surface area contributed by atoms with Crippen molar-refractivity contribution in [1.82, 2.24) is 19.8 Å². The SMILES string of the molecule is CCCCCC(C)NC(=O)CN(C)Cc1nccn1C(F)F. The zero-order chi connectivity index (χ0) is 16.5. The number of imidazole rings is 1. The predicted octanol–water partition coefficient (Wildman–Crippen LogP) is 2.80. The molecule has 0 aliphatic heterocycles. The molecule has 5 nitrogen and oxygen atoms in total. The lowest BCUT2D eigenvalue weighted by atomic mass is 10.1. The van der Waals surface area contributed by atoms with Crippen LogP contribution in [0.2, 0.25) is 0 Å². The van der Waals surface area contributed by atoms with Gasteiger partial charge in [0.25, 0.3) is 0 Å². The summed E-state index contributed by atoms with van der Waals surface area (Å²) in [5.41, 5.74) is 0. The summed E-state index contributed by atoms with van der Waals surface area (Å²) in [4.78, 5) is 17.5. The molecule has 22 heavy (non-hydrogen) atoms. The lowest BCUT2D eigenvalue weighted by Gasteiger charge is -2.19. The number of alkyl halides is 2. The van der Waals surface area contributed by atoms with Crippen LogP contribution < -0.4 is 5.32 Å². The average molecular weight is 316 g/mol. The molecule has 1 rings (SSSR count). The number of nitrogens with zero attached hydrogens (tertiary/aromatic N) is 3. The zero-order valence-electron chi connectivity index (χ0n) is 13.6. The molecule has 0 aromatic carbocycles. The van der Waals surface area contributed by atoms with Crippen molar-refractivity contribution in [3.63, 3.8) is 0 Å². The lowest BCUT2D eigenvalue weighted by molar-refractivity contribution is -0.122. The molecule has 1 unspecified atom stereocenters. The van der Waals surface area contributed by atoms with Crippen molar-refractivity contribution in [2.45, 2.75) is 58.7 Å². The highest BCUT2D eigenvalue weighted by molar-refractivity contribution is 5.78. The number of halogens is 2. The minimum Gasteiger partial charge on any atom is -0.353 e. The van der Waals surface area contributed by atoms with Gasteiger partial charge < -0.3 is 5.32 Å². The molecule has 0 saturated heterocycles. The zero-order valence-corrected chi connectivity index (χ0v) is 13.6. The van der Waals surface area contributed by atoms with E-state index in [2.05, 4.69) is 17.2 Å². The van der Waals surface area contributed by atoms with Gasteiger partial charge in [-0.05, 0) is 20.4 Å². The molecule has 0 aliphatic rings. The number of carbonyl (C=O) groups excluding carboxylic acids is 1. The summed E-state index contributed by atoms with van der Waals surface area (Å²) < 4.78 is 26.2. The number of hydrogen-bond donors (Lipinski definition) is 1. The highest BCUT2D eigenvalue weighted by atomic mass is 19.3. The van der Waals surface area contributed by atoms with Crippen molar-refractivity contribution in [2.75, 3.05) is 13.6 Å². The van der Waals surface area contributed by atoms with Gasteiger partial charge in [-0.25, -0.2) is 4.98 Å². The molecule has 1 N–H and O–H groups in total. The molecule has 0 bridgehead atoms. The van der Waals surface area contributed by atoms with Crippen LogP contribution in [-0.4, -0.2) is 40.0 Å². The lowest BCUT2D eigenvalue weighted by Crippen LogP contribution is -2.39. The fourth-order valence-electron chi connectivity index (χ4n) is 2.28. The van der Waals surface area contributed by atoms with Gasteiger partial charge in [0.15, 0.2) is 0 Å². The monoisotopic (exact) mass is 316 g/mol. The van der Waals surface area contributed by atoms with Gasteiger partial charge in [-0.2, -0.15) is 8.78 Å². The molecule has 1 aromatic rings. The summed E-state index contributed by atoms with van der Waals surface area (Å²) in [5.74, 6) is 0.156. The minimum atomic E-state index is -2.61. The Hall–Kier alpha value is -1.50. The summed E-state index contributed by atoms with van der Waals surface area (Å²) >= 11 is 0. The van der Waals surface area contributed by atoms with Crippen LogP contribution in [0.25, 0.3) is 0 Å². The van der Waals surface area contributed by atoms with E-state index < -0.39 is 6.55 Å². The second-order valence-electron chi connectivity index (χ2n) is 5.67. The number of aromatic nitrogens is 2. The van der Waals surface area contributed by atoms with Gasteiger partial charge in [0.05, 0.1) is 13.1 Å². The summed E-state index contributed by atoms with van der Waals surface area (Å²) in [6.45, 7) is 1.88. The Morgan fingerprint density at radius 1 is 1.45 bits per heavy atom. The van der Waals surface area contributed by atoms with E-state index in [0.717, 1.165) is 30.3 Å². The molecule has 0 fully saturated rings. The number of likely N-dealkylation sites (N-methyl/N-ethyl adjacent to an activating group) is 1. The molecule has 0 aliphatic carbocycles. The Labute approximate surface area is 130 Å². The molecule has 126 valence electrons. The molecule has 0 saturated carbocycles. The Balaban J connectivity index is 2.36. The number of hydrogen-bond acceptors (Lipinski definition) is 3. The van der Waals surface area contributed by atoms with E-state index in [1.807, 2.05) is 6.92 Å². The molecule has 1 aromatic heterocycles. The summed E-state index contributed by atoms with van der Waals surface area (Å²) in [5, 5.41) is 2.93. The molecule has 1 atom stereocenters. The number of carbonyl (C=O) groups is 1. The van der Waals surface area contributed by atoms with Crippen molar-refractivity contribution >= 4 is 5.91 Å². The quantitative estimate of drug-likeness (QED) is 0.675. The van der Waals surface area contributed by atoms with Crippen LogP contribution in [0.4, 0.5) is 8.78 Å². The number of rotatable bonds is 10. The van der Waals surface area contributed by atoms with Gasteiger partial charge in [0, 0.05) is 18.4 Å². The van der Waals surface area contributed by atoms with Crippen molar-refractivity contribution in [2.24, 2.45) is 0 Å². The highest BCUT2D eigenvalue weighted by Crippen LogP contribution is 2.13. The smallest absolute Gasteiger partial charge is 0.319 e. The Kier molecular flexibility index (Phi) is 8.01. The van der Waals surface area contributed by atoms with Gasteiger partial charge in [0.1, 0.15) is 5.82 Å². The van der Waals surface area contributed by atoms with Crippen LogP contribution in [-0.2, 0) is 11.3 Å². The number of amides is 1. The van der Waals surface area contributed by atoms with Crippen molar-refractivity contribution < 1.29 is 13.6 Å². The standard InChI is InChI=1S/C15H26F2N4O/c1-4-5-6-7-12(2)19-14(22)11-20(3)10-13-18-8-9-21(13)15(16)17/h8-9,12,15H,4-7,10-11H2,1-3H3,(H,19,22). The number of unbranched alkanes of at least 4 members (excludes halogenated alkanes) is 2. The Morgan fingerprint density at radius 3 is 2.82 bits per heavy atom. The third-order valence-corrected chi connectivity index (χ3v) is 3.43. The first kappa shape index (κ1) is 18.5. The van der Waals surface area contributed by atoms with Crippen LogP contribution in [0.5, 0.6) is 0 Å². The fourth-order valence-corrected chi connectivity index (χ4v) is 2.28. The molecule has 0 spiro atoms. The first-order valence-electron chi connectivity index (χ1n) is 7.71. The van der Waals surface area contributed by atoms with Crippen LogP contribution in [0.3, 0.4) is 0 Å². The predicted molar refractivity (Wildman–Crippen MR) is 81.6 cm³/mol. The van der Waals surface area contributed by atoms with Gasteiger partial charge in [-0.15, -0.1) is 0 Å². The van der Waals surface area contributed by atoms with Crippen LogP contribution in [0, 0.1) is 0 Å². The second-order valence-corrected chi connectivity index (χ2v) is 5.67. The van der Waals surface area contributed by atoms with E-state index in [4.69, 9.17) is 0 Å². The van der Waals surface area contributed by atoms with E-state index in [0.29, 0.717) is 0 Å². The summed E-state index contributed by atoms with van der Waals surface area (Å²) in [6, 6.07) is 0.135. The highest BCUT2D eigenvalue weighted by Gasteiger charge is 2.15. The maximum Gasteiger partial charge on any atom is 0.319 e. The van der Waals surface area contributed by atoms with Crippen molar-refractivity contribution in [1.29, 1.82) is 0 Å². The second kappa shape index (κ2) is 9.50. The first-order valence-corrected chi connectivity index (χ1v) is 7.71. The molecular weight excluding hydrogens is 290 g/mol. The van der Waals surface area contributed by atoms with Gasteiger partial charge >= 0.3 is 6.55 Å². The maximum atomic E-state index is 12.7. The van der Waals surface area contributed by atoms with E-state index in [1.165, 1.54) is 12.4 Å². The topological polar surface area (TPSA) is 50.2 Å². The van der Waals surface area contributed by atoms with Crippen LogP contribution in [0.1, 0.15) is 51.9 Å². The van der Waals surface area contributed by atoms with E-state index >= 15 is 0 Å². The van der Waals surface area contributed by atoms with E-state index in [-0.39, 0.29) is 30.9 Å². The molecule has 1 amide bonds.